The Labute approximate surface area is 193 Å². The molecule has 32 heavy (non-hydrogen) atoms. The second-order valence-corrected chi connectivity index (χ2v) is 9.34. The van der Waals surface area contributed by atoms with Crippen molar-refractivity contribution in [2.75, 3.05) is 27.2 Å². The number of hydrogen-bond donors (Lipinski definition) is 2. The number of guanidine groups is 1. The number of likely N-dealkylation sites (tertiary alicyclic amines) is 1. The Hall–Kier alpha value is -2.31. The third kappa shape index (κ3) is 6.36. The van der Waals surface area contributed by atoms with E-state index in [0.29, 0.717) is 6.04 Å². The summed E-state index contributed by atoms with van der Waals surface area (Å²) in [4.78, 5) is 9.49. The van der Waals surface area contributed by atoms with E-state index < -0.39 is 0 Å². The molecule has 2 heterocycles. The number of furan rings is 1. The largest absolute Gasteiger partial charge is 0.468 e. The van der Waals surface area contributed by atoms with Crippen molar-refractivity contribution in [3.63, 3.8) is 0 Å². The maximum absolute atomic E-state index is 5.49. The molecule has 174 valence electrons. The summed E-state index contributed by atoms with van der Waals surface area (Å²) in [7, 11) is 4.00. The zero-order chi connectivity index (χ0) is 22.2. The van der Waals surface area contributed by atoms with E-state index in [0.717, 1.165) is 37.4 Å². The van der Waals surface area contributed by atoms with Crippen LogP contribution in [0.4, 0.5) is 0 Å². The van der Waals surface area contributed by atoms with Gasteiger partial charge in [0.05, 0.1) is 12.8 Å². The average Bonchev–Trinajstić information content (AvgIpc) is 3.52. The van der Waals surface area contributed by atoms with Gasteiger partial charge < -0.3 is 20.0 Å². The van der Waals surface area contributed by atoms with Crippen LogP contribution in [-0.2, 0) is 19.6 Å². The second-order valence-electron chi connectivity index (χ2n) is 9.34. The van der Waals surface area contributed by atoms with E-state index in [9.17, 15) is 0 Å². The van der Waals surface area contributed by atoms with Crippen LogP contribution in [0.1, 0.15) is 55.4 Å². The van der Waals surface area contributed by atoms with Crippen LogP contribution in [-0.4, -0.2) is 55.0 Å². The highest BCUT2D eigenvalue weighted by atomic mass is 16.3. The van der Waals surface area contributed by atoms with Crippen molar-refractivity contribution in [1.82, 2.24) is 20.4 Å². The first-order valence-corrected chi connectivity index (χ1v) is 12.2. The van der Waals surface area contributed by atoms with E-state index in [1.54, 1.807) is 6.26 Å². The Morgan fingerprint density at radius 3 is 2.47 bits per heavy atom. The number of aliphatic imine (C=N–C) groups is 1. The van der Waals surface area contributed by atoms with Gasteiger partial charge in [-0.1, -0.05) is 37.1 Å². The van der Waals surface area contributed by atoms with Gasteiger partial charge in [-0.15, -0.1) is 0 Å². The van der Waals surface area contributed by atoms with Crippen LogP contribution >= 0.6 is 0 Å². The lowest BCUT2D eigenvalue weighted by Crippen LogP contribution is -2.50. The molecule has 2 fully saturated rings. The summed E-state index contributed by atoms with van der Waals surface area (Å²) in [6.07, 6.45) is 9.77. The topological polar surface area (TPSA) is 56.0 Å². The van der Waals surface area contributed by atoms with E-state index in [4.69, 9.17) is 4.42 Å². The number of hydrogen-bond acceptors (Lipinski definition) is 4. The Morgan fingerprint density at radius 2 is 1.78 bits per heavy atom. The van der Waals surface area contributed by atoms with Crippen molar-refractivity contribution in [3.05, 3.63) is 59.5 Å². The van der Waals surface area contributed by atoms with Gasteiger partial charge >= 0.3 is 0 Å². The Kier molecular flexibility index (Phi) is 8.24. The highest BCUT2D eigenvalue weighted by Crippen LogP contribution is 2.26. The number of nitrogens with one attached hydrogen (secondary N) is 2. The highest BCUT2D eigenvalue weighted by molar-refractivity contribution is 5.80. The summed E-state index contributed by atoms with van der Waals surface area (Å²) >= 11 is 0. The molecular weight excluding hydrogens is 398 g/mol. The first kappa shape index (κ1) is 22.9. The van der Waals surface area contributed by atoms with Gasteiger partial charge in [-0.05, 0) is 56.0 Å². The Bertz CT molecular complexity index is 836. The molecule has 2 aliphatic rings. The first-order valence-electron chi connectivity index (χ1n) is 12.2. The molecule has 0 amide bonds. The third-order valence-corrected chi connectivity index (χ3v) is 6.95. The minimum absolute atomic E-state index is 0.508. The van der Waals surface area contributed by atoms with Gasteiger partial charge in [0, 0.05) is 45.3 Å². The molecule has 0 bridgehead atoms. The van der Waals surface area contributed by atoms with Gasteiger partial charge in [-0.2, -0.15) is 0 Å². The molecule has 1 saturated heterocycles. The standard InChI is InChI=1S/C26H39N5O/c1-27-26(29-23-13-15-31(16-14-23)24-10-5-6-11-24)28-18-21-8-3-4-9-22(21)19-30(2)20-25-12-7-17-32-25/h3-4,7-9,12,17,23-24H,5-6,10-11,13-16,18-20H2,1-2H3,(H2,27,28,29). The summed E-state index contributed by atoms with van der Waals surface area (Å²) in [6, 6.07) is 14.0. The molecular formula is C26H39N5O. The van der Waals surface area contributed by atoms with Gasteiger partial charge in [0.15, 0.2) is 5.96 Å². The first-order chi connectivity index (χ1) is 15.7. The highest BCUT2D eigenvalue weighted by Gasteiger charge is 2.27. The summed E-state index contributed by atoms with van der Waals surface area (Å²) in [5.74, 6) is 1.90. The fraction of sp³-hybridized carbons (Fsp3) is 0.577. The Balaban J connectivity index is 1.25. The lowest BCUT2D eigenvalue weighted by atomic mass is 10.0. The fourth-order valence-electron chi connectivity index (χ4n) is 5.14. The van der Waals surface area contributed by atoms with Crippen molar-refractivity contribution in [2.45, 2.75) is 70.2 Å². The Morgan fingerprint density at radius 1 is 1.03 bits per heavy atom. The van der Waals surface area contributed by atoms with Crippen LogP contribution in [0.2, 0.25) is 0 Å². The predicted octanol–water partition coefficient (Wildman–Crippen LogP) is 3.98. The van der Waals surface area contributed by atoms with Crippen LogP contribution in [0.15, 0.2) is 52.1 Å². The van der Waals surface area contributed by atoms with Gasteiger partial charge in [-0.25, -0.2) is 0 Å². The second kappa shape index (κ2) is 11.5. The van der Waals surface area contributed by atoms with Crippen LogP contribution in [0.25, 0.3) is 0 Å². The lowest BCUT2D eigenvalue weighted by molar-refractivity contribution is 0.150. The minimum Gasteiger partial charge on any atom is -0.468 e. The maximum Gasteiger partial charge on any atom is 0.191 e. The molecule has 6 nitrogen and oxygen atoms in total. The zero-order valence-corrected chi connectivity index (χ0v) is 19.7. The molecule has 1 aliphatic carbocycles. The van der Waals surface area contributed by atoms with Crippen molar-refractivity contribution in [1.29, 1.82) is 0 Å². The monoisotopic (exact) mass is 437 g/mol. The van der Waals surface area contributed by atoms with Gasteiger partial charge in [0.1, 0.15) is 5.76 Å². The SMILES string of the molecule is CN=C(NCc1ccccc1CN(C)Cc1ccco1)NC1CCN(C2CCCC2)CC1. The van der Waals surface area contributed by atoms with Crippen LogP contribution in [0.3, 0.4) is 0 Å². The molecule has 1 aromatic heterocycles. The van der Waals surface area contributed by atoms with Crippen molar-refractivity contribution in [3.8, 4) is 0 Å². The molecule has 4 rings (SSSR count). The smallest absolute Gasteiger partial charge is 0.191 e. The molecule has 0 atom stereocenters. The molecule has 1 saturated carbocycles. The molecule has 0 spiro atoms. The summed E-state index contributed by atoms with van der Waals surface area (Å²) < 4.78 is 5.49. The molecule has 2 aromatic rings. The van der Waals surface area contributed by atoms with E-state index >= 15 is 0 Å². The molecule has 0 radical (unpaired) electrons. The molecule has 1 aromatic carbocycles. The lowest BCUT2D eigenvalue weighted by Gasteiger charge is -2.36. The van der Waals surface area contributed by atoms with Crippen molar-refractivity contribution in [2.24, 2.45) is 4.99 Å². The summed E-state index contributed by atoms with van der Waals surface area (Å²) in [6.45, 7) is 4.88. The number of rotatable bonds is 8. The van der Waals surface area contributed by atoms with Crippen molar-refractivity contribution >= 4 is 5.96 Å². The van der Waals surface area contributed by atoms with Gasteiger partial charge in [0.2, 0.25) is 0 Å². The molecule has 6 heteroatoms. The third-order valence-electron chi connectivity index (χ3n) is 6.95. The number of piperidine rings is 1. The van der Waals surface area contributed by atoms with Crippen LogP contribution in [0, 0.1) is 0 Å². The zero-order valence-electron chi connectivity index (χ0n) is 19.7. The van der Waals surface area contributed by atoms with Gasteiger partial charge in [-0.3, -0.25) is 9.89 Å². The molecule has 0 unspecified atom stereocenters. The molecule has 1 aliphatic heterocycles. The summed E-state index contributed by atoms with van der Waals surface area (Å²) in [5, 5.41) is 7.21. The van der Waals surface area contributed by atoms with Crippen molar-refractivity contribution < 1.29 is 4.42 Å². The van der Waals surface area contributed by atoms with Gasteiger partial charge in [0.25, 0.3) is 0 Å². The van der Waals surface area contributed by atoms with E-state index in [2.05, 4.69) is 56.7 Å². The predicted molar refractivity (Wildman–Crippen MR) is 131 cm³/mol. The fourth-order valence-corrected chi connectivity index (χ4v) is 5.14. The van der Waals surface area contributed by atoms with Crippen LogP contribution < -0.4 is 10.6 Å². The molecule has 2 N–H and O–H groups in total. The van der Waals surface area contributed by atoms with E-state index in [1.807, 2.05) is 19.2 Å². The average molecular weight is 438 g/mol. The van der Waals surface area contributed by atoms with Crippen LogP contribution in [0.5, 0.6) is 0 Å². The number of benzene rings is 1. The number of nitrogens with zero attached hydrogens (tertiary/aromatic N) is 3. The van der Waals surface area contributed by atoms with E-state index in [-0.39, 0.29) is 0 Å². The minimum atomic E-state index is 0.508. The maximum atomic E-state index is 5.49. The quantitative estimate of drug-likeness (QED) is 0.483. The summed E-state index contributed by atoms with van der Waals surface area (Å²) in [5.41, 5.74) is 2.63. The normalized spacial score (nSPS) is 19.0. The van der Waals surface area contributed by atoms with E-state index in [1.165, 1.54) is 62.7 Å².